The van der Waals surface area contributed by atoms with E-state index in [1.54, 1.807) is 18.2 Å². The third kappa shape index (κ3) is 5.80. The van der Waals surface area contributed by atoms with E-state index < -0.39 is 12.1 Å². The Kier molecular flexibility index (Phi) is 6.82. The van der Waals surface area contributed by atoms with Gasteiger partial charge in [0.2, 0.25) is 0 Å². The molecule has 0 aromatic heterocycles. The van der Waals surface area contributed by atoms with Crippen molar-refractivity contribution < 1.29 is 14.3 Å². The van der Waals surface area contributed by atoms with Crippen LogP contribution >= 0.6 is 23.2 Å². The summed E-state index contributed by atoms with van der Waals surface area (Å²) < 4.78 is 5.03. The summed E-state index contributed by atoms with van der Waals surface area (Å²) in [6.45, 7) is 3.28. The number of halogens is 2. The third-order valence-corrected chi connectivity index (χ3v) is 2.99. The highest BCUT2D eigenvalue weighted by molar-refractivity contribution is 6.35. The van der Waals surface area contributed by atoms with Crippen molar-refractivity contribution >= 4 is 40.8 Å². The quantitative estimate of drug-likeness (QED) is 0.805. The summed E-state index contributed by atoms with van der Waals surface area (Å²) >= 11 is 11.7. The fraction of sp³-hybridized carbons (Fsp3) is 0.429. The summed E-state index contributed by atoms with van der Waals surface area (Å²) in [6, 6.07) is 4.73. The Bertz CT molecular complexity index is 471. The molecule has 0 bridgehead atoms. The number of hydrogen-bond acceptors (Lipinski definition) is 3. The average molecular weight is 318 g/mol. The van der Waals surface area contributed by atoms with E-state index in [2.05, 4.69) is 5.32 Å². The van der Waals surface area contributed by atoms with Gasteiger partial charge in [-0.15, -0.1) is 0 Å². The van der Waals surface area contributed by atoms with Crippen LogP contribution in [0.4, 0.5) is 5.69 Å². The van der Waals surface area contributed by atoms with Crippen LogP contribution in [-0.4, -0.2) is 18.0 Å². The number of nitrogens with one attached hydrogen (secondary N) is 1. The number of esters is 1. The molecule has 0 saturated carbocycles. The Hall–Kier alpha value is -1.26. The molecule has 110 valence electrons. The maximum Gasteiger partial charge on any atom is 0.303 e. The molecule has 1 aromatic rings. The van der Waals surface area contributed by atoms with Gasteiger partial charge in [-0.2, -0.15) is 0 Å². The molecular weight excluding hydrogens is 301 g/mol. The van der Waals surface area contributed by atoms with Gasteiger partial charge in [0, 0.05) is 22.7 Å². The molecule has 20 heavy (non-hydrogen) atoms. The summed E-state index contributed by atoms with van der Waals surface area (Å²) in [5.41, 5.74) is 0.473. The Balaban J connectivity index is 2.75. The first kappa shape index (κ1) is 16.8. The van der Waals surface area contributed by atoms with Crippen molar-refractivity contribution in [2.45, 2.75) is 39.2 Å². The van der Waals surface area contributed by atoms with Crippen LogP contribution in [0.5, 0.6) is 0 Å². The molecule has 1 aromatic carbocycles. The van der Waals surface area contributed by atoms with Crippen LogP contribution in [0.2, 0.25) is 10.0 Å². The third-order valence-electron chi connectivity index (χ3n) is 2.55. The van der Waals surface area contributed by atoms with Crippen molar-refractivity contribution in [3.8, 4) is 0 Å². The van der Waals surface area contributed by atoms with Gasteiger partial charge in [0.15, 0.2) is 6.10 Å². The molecule has 0 aliphatic heterocycles. The van der Waals surface area contributed by atoms with E-state index in [0.29, 0.717) is 22.2 Å². The number of carbonyl (C=O) groups is 2. The fourth-order valence-electron chi connectivity index (χ4n) is 1.68. The van der Waals surface area contributed by atoms with E-state index in [1.165, 1.54) is 6.92 Å². The lowest BCUT2D eigenvalue weighted by atomic mass is 10.1. The minimum absolute atomic E-state index is 0.382. The van der Waals surface area contributed by atoms with Gasteiger partial charge in [0.25, 0.3) is 5.91 Å². The molecule has 0 aliphatic carbocycles. The van der Waals surface area contributed by atoms with Gasteiger partial charge in [-0.3, -0.25) is 9.59 Å². The van der Waals surface area contributed by atoms with E-state index in [0.717, 1.165) is 12.8 Å². The topological polar surface area (TPSA) is 55.4 Å². The number of rotatable bonds is 6. The van der Waals surface area contributed by atoms with Crippen LogP contribution in [0.3, 0.4) is 0 Å². The number of carbonyl (C=O) groups excluding carboxylic acids is 2. The number of benzene rings is 1. The number of unbranched alkanes of at least 4 members (excludes halogenated alkanes) is 1. The second kappa shape index (κ2) is 8.12. The lowest BCUT2D eigenvalue weighted by Gasteiger charge is -2.16. The maximum absolute atomic E-state index is 12.1. The smallest absolute Gasteiger partial charge is 0.303 e. The van der Waals surface area contributed by atoms with Crippen LogP contribution in [-0.2, 0) is 14.3 Å². The predicted octanol–water partition coefficient (Wildman–Crippen LogP) is 4.05. The zero-order chi connectivity index (χ0) is 15.1. The van der Waals surface area contributed by atoms with Crippen molar-refractivity contribution in [1.29, 1.82) is 0 Å². The molecule has 1 unspecified atom stereocenters. The molecule has 0 radical (unpaired) electrons. The van der Waals surface area contributed by atoms with E-state index in [9.17, 15) is 9.59 Å². The number of ether oxygens (including phenoxy) is 1. The van der Waals surface area contributed by atoms with Crippen molar-refractivity contribution in [3.05, 3.63) is 28.2 Å². The van der Waals surface area contributed by atoms with E-state index in [-0.39, 0.29) is 5.91 Å². The van der Waals surface area contributed by atoms with Crippen LogP contribution in [0.25, 0.3) is 0 Å². The number of hydrogen-bond donors (Lipinski definition) is 1. The normalized spacial score (nSPS) is 11.8. The fourth-order valence-corrected chi connectivity index (χ4v) is 2.21. The van der Waals surface area contributed by atoms with Crippen LogP contribution in [0.1, 0.15) is 33.1 Å². The highest BCUT2D eigenvalue weighted by Gasteiger charge is 2.21. The Morgan fingerprint density at radius 3 is 2.35 bits per heavy atom. The Morgan fingerprint density at radius 1 is 1.25 bits per heavy atom. The molecule has 0 spiro atoms. The SMILES string of the molecule is CCCCC(OC(C)=O)C(=O)Nc1cc(Cl)cc(Cl)c1. The van der Waals surface area contributed by atoms with Crippen LogP contribution in [0.15, 0.2) is 18.2 Å². The first-order valence-corrected chi connectivity index (χ1v) is 7.12. The Labute approximate surface area is 128 Å². The first-order chi connectivity index (χ1) is 9.42. The van der Waals surface area contributed by atoms with Gasteiger partial charge in [-0.25, -0.2) is 0 Å². The summed E-state index contributed by atoms with van der Waals surface area (Å²) in [4.78, 5) is 23.1. The second-order valence-electron chi connectivity index (χ2n) is 4.39. The summed E-state index contributed by atoms with van der Waals surface area (Å²) in [7, 11) is 0. The van der Waals surface area contributed by atoms with E-state index in [4.69, 9.17) is 27.9 Å². The van der Waals surface area contributed by atoms with Gasteiger partial charge in [-0.05, 0) is 31.0 Å². The van der Waals surface area contributed by atoms with Gasteiger partial charge in [0.1, 0.15) is 0 Å². The summed E-state index contributed by atoms with van der Waals surface area (Å²) in [6.07, 6.45) is 1.39. The minimum Gasteiger partial charge on any atom is -0.452 e. The van der Waals surface area contributed by atoms with Crippen molar-refractivity contribution in [1.82, 2.24) is 0 Å². The predicted molar refractivity (Wildman–Crippen MR) is 80.2 cm³/mol. The highest BCUT2D eigenvalue weighted by Crippen LogP contribution is 2.23. The molecule has 0 fully saturated rings. The van der Waals surface area contributed by atoms with Gasteiger partial charge in [0.05, 0.1) is 0 Å². The summed E-state index contributed by atoms with van der Waals surface area (Å²) in [5, 5.41) is 3.50. The summed E-state index contributed by atoms with van der Waals surface area (Å²) in [5.74, 6) is -0.864. The lowest BCUT2D eigenvalue weighted by Crippen LogP contribution is -2.32. The molecule has 0 saturated heterocycles. The van der Waals surface area contributed by atoms with E-state index in [1.807, 2.05) is 6.92 Å². The zero-order valence-electron chi connectivity index (χ0n) is 11.4. The number of amides is 1. The van der Waals surface area contributed by atoms with Gasteiger partial charge in [-0.1, -0.05) is 36.5 Å². The van der Waals surface area contributed by atoms with Crippen molar-refractivity contribution in [2.24, 2.45) is 0 Å². The second-order valence-corrected chi connectivity index (χ2v) is 5.26. The highest BCUT2D eigenvalue weighted by atomic mass is 35.5. The molecular formula is C14H17Cl2NO3. The first-order valence-electron chi connectivity index (χ1n) is 6.36. The van der Waals surface area contributed by atoms with Gasteiger partial charge >= 0.3 is 5.97 Å². The molecule has 0 heterocycles. The number of anilines is 1. The van der Waals surface area contributed by atoms with Crippen LogP contribution in [0, 0.1) is 0 Å². The molecule has 1 atom stereocenters. The van der Waals surface area contributed by atoms with Crippen molar-refractivity contribution in [2.75, 3.05) is 5.32 Å². The average Bonchev–Trinajstić information content (AvgIpc) is 2.32. The monoisotopic (exact) mass is 317 g/mol. The molecule has 0 aliphatic rings. The van der Waals surface area contributed by atoms with E-state index >= 15 is 0 Å². The van der Waals surface area contributed by atoms with Crippen LogP contribution < -0.4 is 5.32 Å². The maximum atomic E-state index is 12.1. The Morgan fingerprint density at radius 2 is 1.85 bits per heavy atom. The molecule has 4 nitrogen and oxygen atoms in total. The van der Waals surface area contributed by atoms with Crippen molar-refractivity contribution in [3.63, 3.8) is 0 Å². The largest absolute Gasteiger partial charge is 0.452 e. The molecule has 1 amide bonds. The lowest BCUT2D eigenvalue weighted by molar-refractivity contribution is -0.152. The van der Waals surface area contributed by atoms with Gasteiger partial charge < -0.3 is 10.1 Å². The molecule has 1 rings (SSSR count). The minimum atomic E-state index is -0.801. The standard InChI is InChI=1S/C14H17Cl2NO3/c1-3-4-5-13(20-9(2)18)14(19)17-12-7-10(15)6-11(16)8-12/h6-8,13H,3-5H2,1-2H3,(H,17,19). The zero-order valence-corrected chi connectivity index (χ0v) is 12.9. The molecule has 6 heteroatoms. The molecule has 1 N–H and O–H groups in total.